The van der Waals surface area contributed by atoms with Gasteiger partial charge in [-0.1, -0.05) is 0 Å². The van der Waals surface area contributed by atoms with Gasteiger partial charge in [0.05, 0.1) is 10.1 Å². The summed E-state index contributed by atoms with van der Waals surface area (Å²) in [5.41, 5.74) is 0. The summed E-state index contributed by atoms with van der Waals surface area (Å²) in [6, 6.07) is -0.874. The fourth-order valence-corrected chi connectivity index (χ4v) is 0.678. The zero-order valence-corrected chi connectivity index (χ0v) is 16.9. The molecule has 0 aliphatic rings. The van der Waals surface area contributed by atoms with Gasteiger partial charge in [0.15, 0.2) is 9.15 Å². The van der Waals surface area contributed by atoms with Crippen LogP contribution in [-0.2, 0) is 28.9 Å². The minimum absolute atomic E-state index is 0. The fraction of sp³-hybridized carbons (Fsp3) is 0.600. The first-order chi connectivity index (χ1) is 7.52. The van der Waals surface area contributed by atoms with E-state index in [4.69, 9.17) is 26.8 Å². The summed E-state index contributed by atoms with van der Waals surface area (Å²) in [4.78, 5) is 20.5. The van der Waals surface area contributed by atoms with Gasteiger partial charge in [0.2, 0.25) is 5.91 Å². The molecule has 102 valence electrons. The Hall–Kier alpha value is 1.31. The van der Waals surface area contributed by atoms with Crippen molar-refractivity contribution in [3.8, 4) is 0 Å². The number of carboxylic acids is 1. The number of aliphatic carboxylic acids is 1. The molecular formula is C5H9NNa2O8S3. The Morgan fingerprint density at radius 1 is 1.42 bits per heavy atom. The Bertz CT molecular complexity index is 399. The summed E-state index contributed by atoms with van der Waals surface area (Å²) in [6.07, 6.45) is 0. The molecule has 0 saturated heterocycles. The predicted octanol–water partition coefficient (Wildman–Crippen LogP) is -8.16. The normalized spacial score (nSPS) is 12.4. The van der Waals surface area contributed by atoms with Crippen molar-refractivity contribution < 1.29 is 95.5 Å². The van der Waals surface area contributed by atoms with Gasteiger partial charge in [-0.05, 0) is 0 Å². The van der Waals surface area contributed by atoms with E-state index in [1.54, 1.807) is 0 Å². The Kier molecular flexibility index (Phi) is 21.4. The number of rotatable bonds is 4. The third-order valence-corrected chi connectivity index (χ3v) is 2.72. The number of thiol groups is 1. The Morgan fingerprint density at radius 3 is 1.79 bits per heavy atom. The smallest absolute Gasteiger partial charge is 0.761 e. The summed E-state index contributed by atoms with van der Waals surface area (Å²) >= 11 is 3.73. The minimum atomic E-state index is -5.07. The van der Waals surface area contributed by atoms with Crippen molar-refractivity contribution in [3.63, 3.8) is 0 Å². The first kappa shape index (κ1) is 28.5. The second kappa shape index (κ2) is 14.3. The molecule has 0 aromatic carbocycles. The van der Waals surface area contributed by atoms with Gasteiger partial charge in [0.25, 0.3) is 0 Å². The predicted molar refractivity (Wildman–Crippen MR) is 57.7 cm³/mol. The average molecular weight is 353 g/mol. The molecule has 2 atom stereocenters. The SMILES string of the molecule is CC(=O)N[C@@H](CS)C(=O)O.O=S([O-])S(=O)(=O)[O-].[Na+].[Na+]. The largest absolute Gasteiger partial charge is 1.00 e. The van der Waals surface area contributed by atoms with Crippen LogP contribution in [-0.4, -0.2) is 50.5 Å². The van der Waals surface area contributed by atoms with Crippen molar-refractivity contribution in [3.05, 3.63) is 0 Å². The van der Waals surface area contributed by atoms with E-state index in [0.717, 1.165) is 0 Å². The monoisotopic (exact) mass is 353 g/mol. The molecule has 9 nitrogen and oxygen atoms in total. The van der Waals surface area contributed by atoms with E-state index < -0.39 is 31.3 Å². The van der Waals surface area contributed by atoms with Crippen LogP contribution in [0.25, 0.3) is 0 Å². The first-order valence-electron chi connectivity index (χ1n) is 3.68. The molecule has 0 fully saturated rings. The van der Waals surface area contributed by atoms with Crippen molar-refractivity contribution in [1.29, 1.82) is 0 Å². The molecule has 0 radical (unpaired) electrons. The van der Waals surface area contributed by atoms with Gasteiger partial charge >= 0.3 is 65.1 Å². The summed E-state index contributed by atoms with van der Waals surface area (Å²) in [7, 11) is -8.59. The number of hydrogen-bond donors (Lipinski definition) is 3. The zero-order chi connectivity index (χ0) is 14.2. The van der Waals surface area contributed by atoms with E-state index in [-0.39, 0.29) is 70.8 Å². The number of nitrogens with one attached hydrogen (secondary N) is 1. The van der Waals surface area contributed by atoms with Crippen molar-refractivity contribution in [2.45, 2.75) is 13.0 Å². The molecule has 0 aliphatic heterocycles. The van der Waals surface area contributed by atoms with Gasteiger partial charge in [-0.2, -0.15) is 12.6 Å². The van der Waals surface area contributed by atoms with Crippen LogP contribution in [0.2, 0.25) is 0 Å². The number of hydrogen-bond acceptors (Lipinski definition) is 8. The van der Waals surface area contributed by atoms with E-state index in [9.17, 15) is 9.59 Å². The maximum absolute atomic E-state index is 10.3. The van der Waals surface area contributed by atoms with Crippen molar-refractivity contribution in [2.75, 3.05) is 5.75 Å². The Balaban J connectivity index is -0.000000112. The van der Waals surface area contributed by atoms with Gasteiger partial charge < -0.3 is 19.5 Å². The van der Waals surface area contributed by atoms with Gasteiger partial charge in [-0.3, -0.25) is 9.00 Å². The number of amides is 1. The Morgan fingerprint density at radius 2 is 1.74 bits per heavy atom. The van der Waals surface area contributed by atoms with E-state index in [2.05, 4.69) is 17.9 Å². The second-order valence-corrected chi connectivity index (χ2v) is 6.02. The summed E-state index contributed by atoms with van der Waals surface area (Å²) in [5, 5.41) is 10.6. The average Bonchev–Trinajstić information content (AvgIpc) is 2.12. The molecule has 1 amide bonds. The van der Waals surface area contributed by atoms with Crippen LogP contribution < -0.4 is 64.4 Å². The summed E-state index contributed by atoms with van der Waals surface area (Å²) in [5.74, 6) is -1.32. The minimum Gasteiger partial charge on any atom is -0.761 e. The molecule has 0 bridgehead atoms. The second-order valence-electron chi connectivity index (χ2n) is 2.39. The van der Waals surface area contributed by atoms with E-state index in [1.165, 1.54) is 6.92 Å². The van der Waals surface area contributed by atoms with Crippen molar-refractivity contribution in [1.82, 2.24) is 5.32 Å². The van der Waals surface area contributed by atoms with Crippen LogP contribution in [0.15, 0.2) is 0 Å². The summed E-state index contributed by atoms with van der Waals surface area (Å²) < 4.78 is 45.7. The molecule has 19 heavy (non-hydrogen) atoms. The number of carbonyl (C=O) groups is 2. The standard InChI is InChI=1S/C5H9NO3S.2Na.H2O5S2/c1-3(7)6-4(2-10)5(8)9;;;1-6(2)7(3,4)5/h4,10H,2H2,1H3,(H,6,7)(H,8,9);;;(H,1,2)(H,3,4,5)/q;2*+1;/p-2/t4-;;;/m0.../s1. The third-order valence-electron chi connectivity index (χ3n) is 1.02. The van der Waals surface area contributed by atoms with Crippen LogP contribution in [0, 0.1) is 0 Å². The molecule has 14 heteroatoms. The number of carboxylic acid groups (broad SMARTS) is 1. The fourth-order valence-electron chi connectivity index (χ4n) is 0.431. The van der Waals surface area contributed by atoms with Crippen LogP contribution >= 0.6 is 12.6 Å². The molecule has 0 aliphatic carbocycles. The number of carbonyl (C=O) groups excluding carboxylic acids is 1. The quantitative estimate of drug-likeness (QED) is 0.147. The molecule has 0 heterocycles. The molecule has 1 unspecified atom stereocenters. The van der Waals surface area contributed by atoms with Crippen LogP contribution in [0.4, 0.5) is 0 Å². The van der Waals surface area contributed by atoms with Crippen LogP contribution in [0.1, 0.15) is 6.92 Å². The zero-order valence-electron chi connectivity index (χ0n) is 10.4. The van der Waals surface area contributed by atoms with Gasteiger partial charge in [0.1, 0.15) is 6.04 Å². The molecule has 2 N–H and O–H groups in total. The van der Waals surface area contributed by atoms with Gasteiger partial charge in [-0.25, -0.2) is 13.2 Å². The third kappa shape index (κ3) is 19.3. The molecule has 0 spiro atoms. The first-order valence-corrected chi connectivity index (χ1v) is 7.32. The Labute approximate surface area is 161 Å². The topological polar surface area (TPSA) is 164 Å². The van der Waals surface area contributed by atoms with Gasteiger partial charge in [-0.15, -0.1) is 0 Å². The molecule has 0 rings (SSSR count). The van der Waals surface area contributed by atoms with E-state index in [0.29, 0.717) is 0 Å². The van der Waals surface area contributed by atoms with E-state index in [1.807, 2.05) is 0 Å². The maximum Gasteiger partial charge on any atom is 1.00 e. The van der Waals surface area contributed by atoms with Crippen molar-refractivity contribution in [2.24, 2.45) is 0 Å². The maximum atomic E-state index is 10.3. The molecule has 0 aromatic rings. The van der Waals surface area contributed by atoms with Crippen molar-refractivity contribution >= 4 is 43.8 Å². The van der Waals surface area contributed by atoms with Crippen LogP contribution in [0.5, 0.6) is 0 Å². The summed E-state index contributed by atoms with van der Waals surface area (Å²) in [6.45, 7) is 1.26. The van der Waals surface area contributed by atoms with Crippen LogP contribution in [0.3, 0.4) is 0 Å². The molecule has 0 aromatic heterocycles. The molecule has 0 saturated carbocycles. The van der Waals surface area contributed by atoms with E-state index >= 15 is 0 Å². The molecular weight excluding hydrogens is 344 g/mol. The van der Waals surface area contributed by atoms with Gasteiger partial charge in [0, 0.05) is 12.7 Å².